The van der Waals surface area contributed by atoms with Gasteiger partial charge in [-0.15, -0.1) is 0 Å². The van der Waals surface area contributed by atoms with Crippen molar-refractivity contribution in [2.24, 2.45) is 0 Å². The highest BCUT2D eigenvalue weighted by molar-refractivity contribution is 6.07. The van der Waals surface area contributed by atoms with Gasteiger partial charge in [0.25, 0.3) is 11.5 Å². The number of benzene rings is 2. The van der Waals surface area contributed by atoms with E-state index in [0.29, 0.717) is 6.07 Å². The third-order valence-electron chi connectivity index (χ3n) is 4.97. The summed E-state index contributed by atoms with van der Waals surface area (Å²) in [5.74, 6) is -2.97. The number of nitrogens with two attached hydrogens (primary N) is 1. The molecular weight excluding hydrogens is 434 g/mol. The SMILES string of the molecule is Nc1c(N(Cc2ccco2)C(=O)c2ccc(F)cc2F)c(=O)[nH]c(=O)n1Cc1ccccc1. The number of amides is 1. The molecule has 0 fully saturated rings. The Kier molecular flexibility index (Phi) is 5.90. The summed E-state index contributed by atoms with van der Waals surface area (Å²) in [4.78, 5) is 41.6. The van der Waals surface area contributed by atoms with Gasteiger partial charge in [0.1, 0.15) is 23.2 Å². The Bertz CT molecular complexity index is 1410. The Hall–Kier alpha value is -4.47. The van der Waals surface area contributed by atoms with E-state index in [2.05, 4.69) is 4.98 Å². The van der Waals surface area contributed by atoms with Gasteiger partial charge in [-0.05, 0) is 29.8 Å². The first-order valence-electron chi connectivity index (χ1n) is 9.81. The van der Waals surface area contributed by atoms with Crippen LogP contribution >= 0.6 is 0 Å². The summed E-state index contributed by atoms with van der Waals surface area (Å²) in [5, 5.41) is 0. The third kappa shape index (κ3) is 4.45. The molecule has 0 unspecified atom stereocenters. The van der Waals surface area contributed by atoms with Crippen LogP contribution in [-0.4, -0.2) is 15.5 Å². The number of aromatic amines is 1. The molecule has 3 N–H and O–H groups in total. The van der Waals surface area contributed by atoms with Crippen molar-refractivity contribution in [1.82, 2.24) is 9.55 Å². The van der Waals surface area contributed by atoms with Crippen molar-refractivity contribution >= 4 is 17.4 Å². The largest absolute Gasteiger partial charge is 0.467 e. The van der Waals surface area contributed by atoms with Crippen LogP contribution in [-0.2, 0) is 13.1 Å². The van der Waals surface area contributed by atoms with Gasteiger partial charge in [0.2, 0.25) is 0 Å². The van der Waals surface area contributed by atoms with E-state index in [1.807, 2.05) is 0 Å². The Morgan fingerprint density at radius 3 is 2.48 bits per heavy atom. The number of furan rings is 1. The molecule has 2 aromatic carbocycles. The third-order valence-corrected chi connectivity index (χ3v) is 4.97. The van der Waals surface area contributed by atoms with Crippen LogP contribution < -0.4 is 21.9 Å². The molecule has 4 rings (SSSR count). The molecule has 0 bridgehead atoms. The summed E-state index contributed by atoms with van der Waals surface area (Å²) >= 11 is 0. The van der Waals surface area contributed by atoms with Gasteiger partial charge in [-0.25, -0.2) is 13.6 Å². The summed E-state index contributed by atoms with van der Waals surface area (Å²) in [5.41, 5.74) is 4.36. The molecule has 0 aliphatic heterocycles. The van der Waals surface area contributed by atoms with Gasteiger partial charge in [-0.3, -0.25) is 24.0 Å². The lowest BCUT2D eigenvalue weighted by Gasteiger charge is -2.24. The molecule has 0 spiro atoms. The lowest BCUT2D eigenvalue weighted by molar-refractivity contribution is 0.0979. The Labute approximate surface area is 185 Å². The molecule has 0 saturated carbocycles. The summed E-state index contributed by atoms with van der Waals surface area (Å²) in [6.07, 6.45) is 1.36. The van der Waals surface area contributed by atoms with Crippen molar-refractivity contribution in [1.29, 1.82) is 0 Å². The molecule has 0 atom stereocenters. The van der Waals surface area contributed by atoms with Crippen molar-refractivity contribution in [3.05, 3.63) is 116 Å². The number of rotatable bonds is 6. The van der Waals surface area contributed by atoms with Gasteiger partial charge >= 0.3 is 5.69 Å². The molecule has 1 amide bonds. The molecule has 0 aliphatic rings. The highest BCUT2D eigenvalue weighted by atomic mass is 19.1. The van der Waals surface area contributed by atoms with Crippen LogP contribution in [0.4, 0.5) is 20.3 Å². The topological polar surface area (TPSA) is 114 Å². The summed E-state index contributed by atoms with van der Waals surface area (Å²) < 4.78 is 34.2. The molecule has 2 heterocycles. The van der Waals surface area contributed by atoms with Crippen LogP contribution in [0.2, 0.25) is 0 Å². The van der Waals surface area contributed by atoms with Crippen molar-refractivity contribution < 1.29 is 18.0 Å². The second-order valence-corrected chi connectivity index (χ2v) is 7.16. The average molecular weight is 452 g/mol. The smallest absolute Gasteiger partial charge is 0.330 e. The molecule has 8 nitrogen and oxygen atoms in total. The zero-order valence-electron chi connectivity index (χ0n) is 17.1. The lowest BCUT2D eigenvalue weighted by atomic mass is 10.1. The number of hydrogen-bond acceptors (Lipinski definition) is 5. The van der Waals surface area contributed by atoms with Crippen LogP contribution in [0.15, 0.2) is 80.9 Å². The molecule has 0 aliphatic carbocycles. The number of nitrogen functional groups attached to an aromatic ring is 1. The van der Waals surface area contributed by atoms with Gasteiger partial charge in [-0.2, -0.15) is 0 Å². The van der Waals surface area contributed by atoms with Gasteiger partial charge in [0.05, 0.1) is 24.9 Å². The minimum Gasteiger partial charge on any atom is -0.467 e. The number of halogens is 2. The molecule has 2 aromatic heterocycles. The Morgan fingerprint density at radius 1 is 1.06 bits per heavy atom. The maximum atomic E-state index is 14.4. The fourth-order valence-corrected chi connectivity index (χ4v) is 3.38. The standard InChI is InChI=1S/C23H18F2N4O4/c24-15-8-9-17(18(25)11-15)22(31)28(13-16-7-4-10-33-16)19-20(26)29(23(32)27-21(19)30)12-14-5-2-1-3-6-14/h1-11H,12-13,26H2,(H,27,30,32). The molecule has 0 radical (unpaired) electrons. The van der Waals surface area contributed by atoms with Crippen molar-refractivity contribution in [3.63, 3.8) is 0 Å². The van der Waals surface area contributed by atoms with Gasteiger partial charge in [0, 0.05) is 6.07 Å². The van der Waals surface area contributed by atoms with Crippen LogP contribution in [0.25, 0.3) is 0 Å². The van der Waals surface area contributed by atoms with Crippen LogP contribution in [0.1, 0.15) is 21.7 Å². The lowest BCUT2D eigenvalue weighted by Crippen LogP contribution is -2.41. The number of carbonyl (C=O) groups is 1. The molecule has 4 aromatic rings. The first kappa shape index (κ1) is 21.8. The van der Waals surface area contributed by atoms with E-state index in [0.717, 1.165) is 27.2 Å². The van der Waals surface area contributed by atoms with E-state index in [-0.39, 0.29) is 30.4 Å². The van der Waals surface area contributed by atoms with E-state index in [4.69, 9.17) is 10.2 Å². The number of carbonyl (C=O) groups excluding carboxylic acids is 1. The fourth-order valence-electron chi connectivity index (χ4n) is 3.38. The number of aromatic nitrogens is 2. The maximum Gasteiger partial charge on any atom is 0.330 e. The zero-order valence-corrected chi connectivity index (χ0v) is 17.1. The highest BCUT2D eigenvalue weighted by Crippen LogP contribution is 2.24. The number of nitrogens with zero attached hydrogens (tertiary/aromatic N) is 2. The minimum absolute atomic E-state index is 0.0168. The number of H-pyrrole nitrogens is 1. The van der Waals surface area contributed by atoms with Crippen LogP contribution in [0.3, 0.4) is 0 Å². The Balaban J connectivity index is 1.86. The molecular formula is C23H18F2N4O4. The van der Waals surface area contributed by atoms with Gasteiger partial charge in [-0.1, -0.05) is 30.3 Å². The van der Waals surface area contributed by atoms with E-state index in [1.54, 1.807) is 42.5 Å². The fraction of sp³-hybridized carbons (Fsp3) is 0.0870. The van der Waals surface area contributed by atoms with E-state index in [9.17, 15) is 23.2 Å². The Morgan fingerprint density at radius 2 is 1.82 bits per heavy atom. The highest BCUT2D eigenvalue weighted by Gasteiger charge is 2.28. The maximum absolute atomic E-state index is 14.4. The molecule has 168 valence electrons. The molecule has 10 heteroatoms. The molecule has 0 saturated heterocycles. The monoisotopic (exact) mass is 452 g/mol. The average Bonchev–Trinajstić information content (AvgIpc) is 3.29. The normalized spacial score (nSPS) is 10.8. The van der Waals surface area contributed by atoms with E-state index >= 15 is 0 Å². The summed E-state index contributed by atoms with van der Waals surface area (Å²) in [6, 6.07) is 14.4. The van der Waals surface area contributed by atoms with E-state index in [1.165, 1.54) is 6.26 Å². The first-order chi connectivity index (χ1) is 15.8. The zero-order chi connectivity index (χ0) is 23.5. The van der Waals surface area contributed by atoms with Crippen molar-refractivity contribution in [2.45, 2.75) is 13.1 Å². The van der Waals surface area contributed by atoms with Crippen molar-refractivity contribution in [3.8, 4) is 0 Å². The first-order valence-corrected chi connectivity index (χ1v) is 9.81. The number of anilines is 2. The second kappa shape index (κ2) is 8.95. The summed E-state index contributed by atoms with van der Waals surface area (Å²) in [6.45, 7) is -0.275. The van der Waals surface area contributed by atoms with E-state index < -0.39 is 34.4 Å². The van der Waals surface area contributed by atoms with Crippen molar-refractivity contribution in [2.75, 3.05) is 10.6 Å². The van der Waals surface area contributed by atoms with Crippen LogP contribution in [0, 0.1) is 11.6 Å². The number of nitrogens with one attached hydrogen (secondary N) is 1. The molecule has 33 heavy (non-hydrogen) atoms. The second-order valence-electron chi connectivity index (χ2n) is 7.16. The minimum atomic E-state index is -1.11. The van der Waals surface area contributed by atoms with Gasteiger partial charge < -0.3 is 10.2 Å². The van der Waals surface area contributed by atoms with Gasteiger partial charge in [0.15, 0.2) is 5.69 Å². The van der Waals surface area contributed by atoms with Crippen LogP contribution in [0.5, 0.6) is 0 Å². The predicted octanol–water partition coefficient (Wildman–Crippen LogP) is 2.89. The number of hydrogen-bond donors (Lipinski definition) is 2. The quantitative estimate of drug-likeness (QED) is 0.467. The summed E-state index contributed by atoms with van der Waals surface area (Å²) in [7, 11) is 0. The predicted molar refractivity (Wildman–Crippen MR) is 117 cm³/mol.